The van der Waals surface area contributed by atoms with Crippen molar-refractivity contribution in [3.8, 4) is 0 Å². The summed E-state index contributed by atoms with van der Waals surface area (Å²) in [5.74, 6) is -0.467. The summed E-state index contributed by atoms with van der Waals surface area (Å²) in [5.41, 5.74) is 10.2. The fourth-order valence-electron chi connectivity index (χ4n) is 4.02. The van der Waals surface area contributed by atoms with Gasteiger partial charge < -0.3 is 10.3 Å². The van der Waals surface area contributed by atoms with Gasteiger partial charge in [-0.3, -0.25) is 4.79 Å². The van der Waals surface area contributed by atoms with Crippen molar-refractivity contribution in [3.05, 3.63) is 77.4 Å². The van der Waals surface area contributed by atoms with Gasteiger partial charge in [0.05, 0.1) is 15.9 Å². The molecule has 0 fully saturated rings. The normalized spacial score (nSPS) is 11.9. The van der Waals surface area contributed by atoms with Crippen LogP contribution < -0.4 is 5.73 Å². The second-order valence-electron chi connectivity index (χ2n) is 7.94. The number of rotatable bonds is 7. The van der Waals surface area contributed by atoms with Crippen molar-refractivity contribution in [1.29, 1.82) is 0 Å². The molecule has 5 nitrogen and oxygen atoms in total. The molecule has 0 aliphatic carbocycles. The van der Waals surface area contributed by atoms with E-state index in [9.17, 15) is 13.2 Å². The molecule has 0 aliphatic rings. The number of nitrogens with zero attached hydrogens (tertiary/aromatic N) is 1. The molecule has 1 heterocycles. The van der Waals surface area contributed by atoms with Crippen molar-refractivity contribution < 1.29 is 13.2 Å². The van der Waals surface area contributed by atoms with Crippen LogP contribution in [0.5, 0.6) is 0 Å². The lowest BCUT2D eigenvalue weighted by atomic mass is 10.0. The molecule has 4 rings (SSSR count). The van der Waals surface area contributed by atoms with Gasteiger partial charge >= 0.3 is 0 Å². The van der Waals surface area contributed by atoms with E-state index in [2.05, 4.69) is 23.6 Å². The van der Waals surface area contributed by atoms with Gasteiger partial charge in [0.1, 0.15) is 0 Å². The zero-order valence-electron chi connectivity index (χ0n) is 17.7. The fourth-order valence-corrected chi connectivity index (χ4v) is 4.65. The van der Waals surface area contributed by atoms with Crippen molar-refractivity contribution in [2.24, 2.45) is 5.73 Å². The quantitative estimate of drug-likeness (QED) is 0.466. The highest BCUT2D eigenvalue weighted by Gasteiger charge is 2.17. The van der Waals surface area contributed by atoms with Gasteiger partial charge in [-0.25, -0.2) is 8.42 Å². The van der Waals surface area contributed by atoms with Gasteiger partial charge in [0.2, 0.25) is 5.91 Å². The molecule has 6 heteroatoms. The van der Waals surface area contributed by atoms with Gasteiger partial charge in [-0.2, -0.15) is 0 Å². The summed E-state index contributed by atoms with van der Waals surface area (Å²) in [7, 11) is -3.24. The third-order valence-electron chi connectivity index (χ3n) is 5.63. The summed E-state index contributed by atoms with van der Waals surface area (Å²) in [6, 6.07) is 20.0. The summed E-state index contributed by atoms with van der Waals surface area (Å²) in [4.78, 5) is 12.4. The summed E-state index contributed by atoms with van der Waals surface area (Å²) in [6.45, 7) is 2.70. The molecule has 1 radical (unpaired) electrons. The highest BCUT2D eigenvalue weighted by atomic mass is 32.2. The lowest BCUT2D eigenvalue weighted by molar-refractivity contribution is 0.100. The maximum Gasteiger partial charge on any atom is 0.249 e. The Morgan fingerprint density at radius 3 is 2.45 bits per heavy atom. The van der Waals surface area contributed by atoms with Crippen LogP contribution in [0.4, 0.5) is 0 Å². The standard InChI is InChI=1S/C25H25N2O3S/c1-3-4-6-17-11-14-20-23(15-17)27(22-8-5-7-21(24(20)22)25(26)28)16-18-9-12-19(13-10-18)31(2,29)30/h5,7-13,15H,3-4,6,16H2,1-2H3,(H2,26,28). The predicted octanol–water partition coefficient (Wildman–Crippen LogP) is 4.49. The number of fused-ring (bicyclic) bond motifs is 3. The second kappa shape index (κ2) is 8.19. The number of hydrogen-bond acceptors (Lipinski definition) is 3. The smallest absolute Gasteiger partial charge is 0.249 e. The number of unbranched alkanes of at least 4 members (excludes halogenated alkanes) is 1. The van der Waals surface area contributed by atoms with Crippen LogP contribution in [0.3, 0.4) is 0 Å². The summed E-state index contributed by atoms with van der Waals surface area (Å²) in [6.07, 6.45) is 4.38. The molecule has 4 aromatic rings. The monoisotopic (exact) mass is 433 g/mol. The van der Waals surface area contributed by atoms with Gasteiger partial charge in [0, 0.05) is 29.1 Å². The summed E-state index contributed by atoms with van der Waals surface area (Å²) >= 11 is 0. The fraction of sp³-hybridized carbons (Fsp3) is 0.240. The lowest BCUT2D eigenvalue weighted by Gasteiger charge is -2.10. The number of aromatic nitrogens is 1. The van der Waals surface area contributed by atoms with Crippen LogP contribution in [0, 0.1) is 6.07 Å². The molecule has 3 aromatic carbocycles. The minimum atomic E-state index is -3.24. The Hall–Kier alpha value is -3.12. The molecule has 2 N–H and O–H groups in total. The zero-order valence-corrected chi connectivity index (χ0v) is 18.5. The predicted molar refractivity (Wildman–Crippen MR) is 124 cm³/mol. The van der Waals surface area contributed by atoms with Crippen LogP contribution in [0.2, 0.25) is 0 Å². The molecule has 1 amide bonds. The average Bonchev–Trinajstić information content (AvgIpc) is 3.05. The molecule has 0 aliphatic heterocycles. The van der Waals surface area contributed by atoms with Gasteiger partial charge in [-0.1, -0.05) is 37.6 Å². The molecule has 159 valence electrons. The largest absolute Gasteiger partial charge is 0.366 e. The van der Waals surface area contributed by atoms with E-state index < -0.39 is 15.7 Å². The minimum absolute atomic E-state index is 0.296. The van der Waals surface area contributed by atoms with Crippen molar-refractivity contribution in [1.82, 2.24) is 4.57 Å². The Labute approximate surface area is 182 Å². The lowest BCUT2D eigenvalue weighted by Crippen LogP contribution is -2.11. The zero-order chi connectivity index (χ0) is 22.2. The Bertz CT molecular complexity index is 1380. The first-order valence-corrected chi connectivity index (χ1v) is 12.2. The van der Waals surface area contributed by atoms with E-state index in [1.807, 2.05) is 30.3 Å². The highest BCUT2D eigenvalue weighted by molar-refractivity contribution is 7.90. The molecular weight excluding hydrogens is 408 g/mol. The van der Waals surface area contributed by atoms with E-state index in [4.69, 9.17) is 5.73 Å². The van der Waals surface area contributed by atoms with E-state index >= 15 is 0 Å². The maximum absolute atomic E-state index is 12.1. The number of sulfone groups is 1. The van der Waals surface area contributed by atoms with Crippen LogP contribution in [-0.4, -0.2) is 25.1 Å². The molecule has 0 saturated heterocycles. The Morgan fingerprint density at radius 2 is 1.81 bits per heavy atom. The van der Waals surface area contributed by atoms with Gasteiger partial charge in [0.15, 0.2) is 9.84 Å². The average molecular weight is 434 g/mol. The van der Waals surface area contributed by atoms with Crippen molar-refractivity contribution >= 4 is 37.6 Å². The molecule has 0 atom stereocenters. The van der Waals surface area contributed by atoms with Crippen LogP contribution >= 0.6 is 0 Å². The molecule has 1 aromatic heterocycles. The first-order valence-electron chi connectivity index (χ1n) is 10.3. The first-order chi connectivity index (χ1) is 14.8. The van der Waals surface area contributed by atoms with E-state index in [1.54, 1.807) is 18.2 Å². The Balaban J connectivity index is 1.90. The first kappa shape index (κ1) is 21.1. The van der Waals surface area contributed by atoms with Crippen molar-refractivity contribution in [3.63, 3.8) is 0 Å². The van der Waals surface area contributed by atoms with Crippen LogP contribution in [-0.2, 0) is 22.8 Å². The topological polar surface area (TPSA) is 82.2 Å². The number of amides is 1. The number of carbonyl (C=O) groups excluding carboxylic acids is 1. The number of hydrogen-bond donors (Lipinski definition) is 1. The third kappa shape index (κ3) is 4.08. The maximum atomic E-state index is 12.1. The van der Waals surface area contributed by atoms with E-state index in [-0.39, 0.29) is 0 Å². The Kier molecular flexibility index (Phi) is 5.58. The number of nitrogens with two attached hydrogens (primary N) is 1. The summed E-state index contributed by atoms with van der Waals surface area (Å²) < 4.78 is 25.7. The van der Waals surface area contributed by atoms with Crippen molar-refractivity contribution in [2.45, 2.75) is 37.6 Å². The SMILES string of the molecule is CCCCc1c[c]c2c3c(C(N)=O)cccc3n(Cc3ccc(S(C)(=O)=O)cc3)c2c1. The number of benzene rings is 3. The Morgan fingerprint density at radius 1 is 1.06 bits per heavy atom. The number of carbonyl (C=O) groups is 1. The van der Waals surface area contributed by atoms with Gasteiger partial charge in [0.25, 0.3) is 0 Å². The minimum Gasteiger partial charge on any atom is -0.366 e. The number of aryl methyl sites for hydroxylation is 1. The van der Waals surface area contributed by atoms with Gasteiger partial charge in [-0.05, 0) is 60.4 Å². The molecule has 31 heavy (non-hydrogen) atoms. The van der Waals surface area contributed by atoms with E-state index in [1.165, 1.54) is 11.8 Å². The van der Waals surface area contributed by atoms with Crippen LogP contribution in [0.25, 0.3) is 21.8 Å². The summed E-state index contributed by atoms with van der Waals surface area (Å²) in [5, 5.41) is 1.68. The van der Waals surface area contributed by atoms with Crippen LogP contribution in [0.1, 0.15) is 41.3 Å². The molecular formula is C25H25N2O3S. The molecule has 0 saturated carbocycles. The third-order valence-corrected chi connectivity index (χ3v) is 6.76. The van der Waals surface area contributed by atoms with E-state index in [0.29, 0.717) is 17.0 Å². The molecule has 0 bridgehead atoms. The molecule has 0 unspecified atom stereocenters. The van der Waals surface area contributed by atoms with Gasteiger partial charge in [-0.15, -0.1) is 0 Å². The van der Waals surface area contributed by atoms with Crippen molar-refractivity contribution in [2.75, 3.05) is 6.26 Å². The molecule has 0 spiro atoms. The van der Waals surface area contributed by atoms with E-state index in [0.717, 1.165) is 46.6 Å². The second-order valence-corrected chi connectivity index (χ2v) is 9.95. The number of primary amides is 1. The van der Waals surface area contributed by atoms with Crippen LogP contribution in [0.15, 0.2) is 59.5 Å². The highest BCUT2D eigenvalue weighted by Crippen LogP contribution is 2.33.